The van der Waals surface area contributed by atoms with Gasteiger partial charge in [0, 0.05) is 11.5 Å². The zero-order valence-corrected chi connectivity index (χ0v) is 16.0. The van der Waals surface area contributed by atoms with Gasteiger partial charge in [0.15, 0.2) is 11.5 Å². The molecule has 4 bridgehead atoms. The van der Waals surface area contributed by atoms with Crippen molar-refractivity contribution in [2.45, 2.75) is 39.0 Å². The number of hydrazine groups is 1. The van der Waals surface area contributed by atoms with E-state index < -0.39 is 0 Å². The molecule has 5 rings (SSSR count). The van der Waals surface area contributed by atoms with Crippen LogP contribution in [0.5, 0.6) is 11.5 Å². The van der Waals surface area contributed by atoms with Gasteiger partial charge >= 0.3 is 0 Å². The van der Waals surface area contributed by atoms with Crippen molar-refractivity contribution in [1.82, 2.24) is 10.9 Å². The van der Waals surface area contributed by atoms with Gasteiger partial charge in [0.2, 0.25) is 5.91 Å². The molecule has 1 aromatic carbocycles. The van der Waals surface area contributed by atoms with Crippen molar-refractivity contribution < 1.29 is 19.1 Å². The fraction of sp³-hybridized carbons (Fsp3) is 0.619. The number of hydrogen-bond acceptors (Lipinski definition) is 4. The maximum Gasteiger partial charge on any atom is 0.269 e. The first-order chi connectivity index (χ1) is 13.1. The van der Waals surface area contributed by atoms with Gasteiger partial charge in [-0.1, -0.05) is 0 Å². The Hall–Kier alpha value is -2.24. The minimum Gasteiger partial charge on any atom is -0.493 e. The van der Waals surface area contributed by atoms with Crippen molar-refractivity contribution in [3.8, 4) is 11.5 Å². The minimum atomic E-state index is -0.353. The molecule has 146 valence electrons. The number of rotatable bonds is 5. The highest BCUT2D eigenvalue weighted by molar-refractivity contribution is 5.96. The molecule has 6 nitrogen and oxygen atoms in total. The Labute approximate surface area is 160 Å². The monoisotopic (exact) mass is 372 g/mol. The number of carbonyl (C=O) groups is 2. The molecule has 6 heteroatoms. The summed E-state index contributed by atoms with van der Waals surface area (Å²) in [6, 6.07) is 4.99. The van der Waals surface area contributed by atoms with Crippen LogP contribution in [0.3, 0.4) is 0 Å². The molecule has 1 aromatic rings. The maximum atomic E-state index is 12.8. The van der Waals surface area contributed by atoms with Gasteiger partial charge in [-0.3, -0.25) is 20.4 Å². The summed E-state index contributed by atoms with van der Waals surface area (Å²) >= 11 is 0. The molecule has 4 fully saturated rings. The fourth-order valence-electron chi connectivity index (χ4n) is 5.71. The number of nitrogens with one attached hydrogen (secondary N) is 2. The maximum absolute atomic E-state index is 12.8. The Bertz CT molecular complexity index is 705. The summed E-state index contributed by atoms with van der Waals surface area (Å²) < 4.78 is 10.7. The summed E-state index contributed by atoms with van der Waals surface area (Å²) in [5, 5.41) is 0. The molecular weight excluding hydrogens is 344 g/mol. The summed E-state index contributed by atoms with van der Waals surface area (Å²) in [6.07, 6.45) is 6.06. The summed E-state index contributed by atoms with van der Waals surface area (Å²) in [7, 11) is 1.54. The standard InChI is InChI=1S/C21H28N2O4/c1-3-27-17-5-4-14(11-18(17)26-2)20(24)22-23-21(25)19-15-7-12-6-13(9-15)10-16(19)8-12/h4-5,11-13,15-16,19H,3,6-10H2,1-2H3,(H,22,24)(H,23,25). The third-order valence-electron chi connectivity index (χ3n) is 6.55. The lowest BCUT2D eigenvalue weighted by molar-refractivity contribution is -0.138. The number of ether oxygens (including phenoxy) is 2. The van der Waals surface area contributed by atoms with E-state index in [1.165, 1.54) is 39.2 Å². The molecule has 0 saturated heterocycles. The Morgan fingerprint density at radius 1 is 1.00 bits per heavy atom. The lowest BCUT2D eigenvalue weighted by Crippen LogP contribution is -2.54. The third kappa shape index (κ3) is 3.49. The average Bonchev–Trinajstić information content (AvgIpc) is 2.65. The van der Waals surface area contributed by atoms with Gasteiger partial charge in [0.25, 0.3) is 5.91 Å². The summed E-state index contributed by atoms with van der Waals surface area (Å²) in [5.74, 6) is 3.37. The van der Waals surface area contributed by atoms with E-state index in [2.05, 4.69) is 10.9 Å². The smallest absolute Gasteiger partial charge is 0.269 e. The van der Waals surface area contributed by atoms with Crippen LogP contribution in [0.1, 0.15) is 49.4 Å². The van der Waals surface area contributed by atoms with E-state index in [9.17, 15) is 9.59 Å². The normalized spacial score (nSPS) is 30.7. The van der Waals surface area contributed by atoms with Crippen molar-refractivity contribution in [3.63, 3.8) is 0 Å². The molecule has 2 N–H and O–H groups in total. The van der Waals surface area contributed by atoms with Crippen LogP contribution in [0.4, 0.5) is 0 Å². The molecule has 0 heterocycles. The highest BCUT2D eigenvalue weighted by Gasteiger charge is 2.50. The zero-order chi connectivity index (χ0) is 19.0. The number of carbonyl (C=O) groups excluding carboxylic acids is 2. The molecule has 0 spiro atoms. The van der Waals surface area contributed by atoms with Gasteiger partial charge in [-0.25, -0.2) is 0 Å². The molecule has 0 unspecified atom stereocenters. The van der Waals surface area contributed by atoms with Crippen LogP contribution in [0, 0.1) is 29.6 Å². The third-order valence-corrected chi connectivity index (χ3v) is 6.55. The van der Waals surface area contributed by atoms with E-state index in [0.717, 1.165) is 11.8 Å². The number of methoxy groups -OCH3 is 1. The van der Waals surface area contributed by atoms with Gasteiger partial charge in [-0.2, -0.15) is 0 Å². The van der Waals surface area contributed by atoms with Crippen LogP contribution in [0.15, 0.2) is 18.2 Å². The van der Waals surface area contributed by atoms with Crippen LogP contribution >= 0.6 is 0 Å². The molecule has 0 atom stereocenters. The summed E-state index contributed by atoms with van der Waals surface area (Å²) in [4.78, 5) is 25.2. The van der Waals surface area contributed by atoms with Crippen molar-refractivity contribution in [3.05, 3.63) is 23.8 Å². The summed E-state index contributed by atoms with van der Waals surface area (Å²) in [5.41, 5.74) is 5.67. The second-order valence-corrected chi connectivity index (χ2v) is 8.20. The zero-order valence-electron chi connectivity index (χ0n) is 16.0. The van der Waals surface area contributed by atoms with Crippen molar-refractivity contribution in [1.29, 1.82) is 0 Å². The van der Waals surface area contributed by atoms with E-state index in [1.807, 2.05) is 6.92 Å². The first kappa shape index (κ1) is 18.1. The molecule has 4 aliphatic carbocycles. The SMILES string of the molecule is CCOc1ccc(C(=O)NNC(=O)C2C3CC4CC(C3)CC2C4)cc1OC. The first-order valence-electron chi connectivity index (χ1n) is 10.00. The molecule has 0 radical (unpaired) electrons. The van der Waals surface area contributed by atoms with Crippen molar-refractivity contribution >= 4 is 11.8 Å². The quantitative estimate of drug-likeness (QED) is 0.779. The topological polar surface area (TPSA) is 76.7 Å². The average molecular weight is 372 g/mol. The Morgan fingerprint density at radius 3 is 2.26 bits per heavy atom. The molecular formula is C21H28N2O4. The molecule has 2 amide bonds. The van der Waals surface area contributed by atoms with Gasteiger partial charge < -0.3 is 9.47 Å². The minimum absolute atomic E-state index is 0.0324. The number of benzene rings is 1. The van der Waals surface area contributed by atoms with Gasteiger partial charge in [-0.05, 0) is 80.9 Å². The van der Waals surface area contributed by atoms with E-state index in [4.69, 9.17) is 9.47 Å². The Kier molecular flexibility index (Phi) is 4.98. The molecule has 0 aromatic heterocycles. The van der Waals surface area contributed by atoms with E-state index in [1.54, 1.807) is 18.2 Å². The second kappa shape index (κ2) is 7.41. The van der Waals surface area contributed by atoms with Gasteiger partial charge in [0.05, 0.1) is 13.7 Å². The Balaban J connectivity index is 1.37. The van der Waals surface area contributed by atoms with Crippen LogP contribution < -0.4 is 20.3 Å². The molecule has 0 aliphatic heterocycles. The predicted octanol–water partition coefficient (Wildman–Crippen LogP) is 2.93. The predicted molar refractivity (Wildman–Crippen MR) is 100 cm³/mol. The second-order valence-electron chi connectivity index (χ2n) is 8.20. The molecule has 27 heavy (non-hydrogen) atoms. The van der Waals surface area contributed by atoms with E-state index >= 15 is 0 Å². The lowest BCUT2D eigenvalue weighted by atomic mass is 9.52. The largest absolute Gasteiger partial charge is 0.493 e. The number of hydrogen-bond donors (Lipinski definition) is 2. The molecule has 4 saturated carbocycles. The Morgan fingerprint density at radius 2 is 1.67 bits per heavy atom. The van der Waals surface area contributed by atoms with Crippen LogP contribution in [0.2, 0.25) is 0 Å². The van der Waals surface area contributed by atoms with E-state index in [-0.39, 0.29) is 17.7 Å². The van der Waals surface area contributed by atoms with Gasteiger partial charge in [-0.15, -0.1) is 0 Å². The van der Waals surface area contributed by atoms with Crippen molar-refractivity contribution in [2.75, 3.05) is 13.7 Å². The molecule has 4 aliphatic rings. The van der Waals surface area contributed by atoms with Crippen molar-refractivity contribution in [2.24, 2.45) is 29.6 Å². The highest BCUT2D eigenvalue weighted by atomic mass is 16.5. The lowest BCUT2D eigenvalue weighted by Gasteiger charge is -2.53. The van der Waals surface area contributed by atoms with E-state index in [0.29, 0.717) is 35.5 Å². The van der Waals surface area contributed by atoms with Crippen LogP contribution in [-0.4, -0.2) is 25.5 Å². The summed E-state index contributed by atoms with van der Waals surface area (Å²) in [6.45, 7) is 2.41. The highest BCUT2D eigenvalue weighted by Crippen LogP contribution is 2.56. The first-order valence-corrected chi connectivity index (χ1v) is 10.00. The van der Waals surface area contributed by atoms with Crippen LogP contribution in [-0.2, 0) is 4.79 Å². The fourth-order valence-corrected chi connectivity index (χ4v) is 5.71. The van der Waals surface area contributed by atoms with Gasteiger partial charge in [0.1, 0.15) is 0 Å². The number of amides is 2. The van der Waals surface area contributed by atoms with Crippen LogP contribution in [0.25, 0.3) is 0 Å².